The van der Waals surface area contributed by atoms with Gasteiger partial charge in [0.1, 0.15) is 11.5 Å². The van der Waals surface area contributed by atoms with E-state index in [9.17, 15) is 0 Å². The van der Waals surface area contributed by atoms with E-state index in [0.717, 1.165) is 5.56 Å². The molecule has 0 unspecified atom stereocenters. The monoisotopic (exact) mass is 185 g/mol. The van der Waals surface area contributed by atoms with Gasteiger partial charge >= 0.3 is 0 Å². The minimum atomic E-state index is 0.472. The number of nitriles is 1. The van der Waals surface area contributed by atoms with Crippen LogP contribution in [0.4, 0.5) is 0 Å². The molecule has 0 aliphatic rings. The zero-order valence-corrected chi connectivity index (χ0v) is 8.08. The van der Waals surface area contributed by atoms with Gasteiger partial charge in [-0.15, -0.1) is 0 Å². The molecule has 0 saturated heterocycles. The first-order valence-electron chi connectivity index (χ1n) is 4.16. The summed E-state index contributed by atoms with van der Waals surface area (Å²) < 4.78 is 5.32. The maximum Gasteiger partial charge on any atom is 0.128 e. The second-order valence-electron chi connectivity index (χ2n) is 2.92. The van der Waals surface area contributed by atoms with Gasteiger partial charge < -0.3 is 4.74 Å². The average molecular weight is 185 g/mol. The van der Waals surface area contributed by atoms with Crippen molar-refractivity contribution in [2.45, 2.75) is 6.92 Å². The molecule has 1 aromatic carbocycles. The van der Waals surface area contributed by atoms with E-state index in [4.69, 9.17) is 10.00 Å². The second-order valence-corrected chi connectivity index (χ2v) is 2.92. The van der Waals surface area contributed by atoms with E-state index < -0.39 is 0 Å². The molecule has 0 radical (unpaired) electrons. The van der Waals surface area contributed by atoms with Gasteiger partial charge in [0, 0.05) is 0 Å². The van der Waals surface area contributed by atoms with Crippen molar-refractivity contribution in [3.05, 3.63) is 54.3 Å². The van der Waals surface area contributed by atoms with Crippen molar-refractivity contribution in [1.82, 2.24) is 0 Å². The molecule has 0 aromatic heterocycles. The Morgan fingerprint density at radius 3 is 2.79 bits per heavy atom. The van der Waals surface area contributed by atoms with Crippen molar-refractivity contribution >= 4 is 0 Å². The highest BCUT2D eigenvalue weighted by atomic mass is 16.5. The molecule has 0 N–H and O–H groups in total. The van der Waals surface area contributed by atoms with Crippen LogP contribution in [-0.4, -0.2) is 0 Å². The van der Waals surface area contributed by atoms with Crippen LogP contribution in [0.15, 0.2) is 43.2 Å². The molecule has 0 atom stereocenters. The fourth-order valence-corrected chi connectivity index (χ4v) is 1.06. The van der Waals surface area contributed by atoms with Gasteiger partial charge in [-0.1, -0.05) is 13.2 Å². The van der Waals surface area contributed by atoms with E-state index in [0.29, 0.717) is 17.1 Å². The van der Waals surface area contributed by atoms with Crippen LogP contribution in [0.1, 0.15) is 11.1 Å². The lowest BCUT2D eigenvalue weighted by molar-refractivity contribution is 0.447. The predicted molar refractivity (Wildman–Crippen MR) is 55.9 cm³/mol. The van der Waals surface area contributed by atoms with Crippen molar-refractivity contribution in [3.63, 3.8) is 0 Å². The number of hydrogen-bond donors (Lipinski definition) is 0. The Hall–Kier alpha value is -2.01. The van der Waals surface area contributed by atoms with Gasteiger partial charge in [-0.05, 0) is 36.8 Å². The lowest BCUT2D eigenvalue weighted by Crippen LogP contribution is -1.91. The first-order valence-corrected chi connectivity index (χ1v) is 4.16. The van der Waals surface area contributed by atoms with Crippen molar-refractivity contribution in [3.8, 4) is 11.8 Å². The third-order valence-corrected chi connectivity index (χ3v) is 1.66. The van der Waals surface area contributed by atoms with Gasteiger partial charge in [0.05, 0.1) is 11.6 Å². The number of ether oxygens (including phenoxy) is 1. The van der Waals surface area contributed by atoms with E-state index in [1.54, 1.807) is 12.1 Å². The molecule has 0 heterocycles. The Morgan fingerprint density at radius 1 is 1.50 bits per heavy atom. The molecular weight excluding hydrogens is 174 g/mol. The van der Waals surface area contributed by atoms with Gasteiger partial charge in [0.2, 0.25) is 0 Å². The van der Waals surface area contributed by atoms with E-state index in [1.165, 1.54) is 6.08 Å². The maximum absolute atomic E-state index is 8.73. The third-order valence-electron chi connectivity index (χ3n) is 1.66. The molecule has 0 fully saturated rings. The maximum atomic E-state index is 8.73. The summed E-state index contributed by atoms with van der Waals surface area (Å²) in [6.45, 7) is 9.07. The van der Waals surface area contributed by atoms with Gasteiger partial charge in [0.25, 0.3) is 0 Å². The summed E-state index contributed by atoms with van der Waals surface area (Å²) in [7, 11) is 0. The summed E-state index contributed by atoms with van der Waals surface area (Å²) in [4.78, 5) is 0. The number of nitrogens with zero attached hydrogens (tertiary/aromatic N) is 1. The van der Waals surface area contributed by atoms with E-state index in [1.807, 2.05) is 13.0 Å². The number of rotatable bonds is 3. The van der Waals surface area contributed by atoms with Crippen LogP contribution < -0.4 is 4.74 Å². The Kier molecular flexibility index (Phi) is 3.09. The molecule has 0 aliphatic heterocycles. The Morgan fingerprint density at radius 2 is 2.21 bits per heavy atom. The zero-order valence-electron chi connectivity index (χ0n) is 8.08. The molecule has 1 rings (SSSR count). The summed E-state index contributed by atoms with van der Waals surface area (Å²) >= 11 is 0. The highest BCUT2D eigenvalue weighted by molar-refractivity contribution is 5.41. The highest BCUT2D eigenvalue weighted by Gasteiger charge is 1.99. The molecule has 0 saturated carbocycles. The van der Waals surface area contributed by atoms with Crippen molar-refractivity contribution < 1.29 is 4.74 Å². The SMILES string of the molecule is C=CC(=C)Oc1cc(C)cc(C#N)c1. The summed E-state index contributed by atoms with van der Waals surface area (Å²) in [6, 6.07) is 7.37. The van der Waals surface area contributed by atoms with Crippen LogP contribution in [-0.2, 0) is 0 Å². The van der Waals surface area contributed by atoms with E-state index >= 15 is 0 Å². The fourth-order valence-electron chi connectivity index (χ4n) is 1.06. The van der Waals surface area contributed by atoms with Crippen LogP contribution in [0.5, 0.6) is 5.75 Å². The van der Waals surface area contributed by atoms with Gasteiger partial charge in [-0.2, -0.15) is 5.26 Å². The largest absolute Gasteiger partial charge is 0.458 e. The Bertz CT molecular complexity index is 413. The van der Waals surface area contributed by atoms with Crippen LogP contribution in [0.25, 0.3) is 0 Å². The molecule has 1 aromatic rings. The number of allylic oxidation sites excluding steroid dienone is 1. The Labute approximate surface area is 83.7 Å². The highest BCUT2D eigenvalue weighted by Crippen LogP contribution is 2.18. The molecule has 2 nitrogen and oxygen atoms in total. The summed E-state index contributed by atoms with van der Waals surface area (Å²) in [6.07, 6.45) is 1.52. The molecule has 70 valence electrons. The standard InChI is InChI=1S/C12H11NO/c1-4-10(3)14-12-6-9(2)5-11(7-12)8-13/h4-7H,1,3H2,2H3. The molecule has 2 heteroatoms. The summed E-state index contributed by atoms with van der Waals surface area (Å²) in [5.41, 5.74) is 1.56. The number of hydrogen-bond acceptors (Lipinski definition) is 2. The van der Waals surface area contributed by atoms with Crippen LogP contribution in [0.2, 0.25) is 0 Å². The first-order chi connectivity index (χ1) is 6.65. The molecule has 0 bridgehead atoms. The number of aryl methyl sites for hydroxylation is 1. The Balaban J connectivity index is 2.99. The summed E-state index contributed by atoms with van der Waals surface area (Å²) in [5.74, 6) is 1.09. The van der Waals surface area contributed by atoms with Crippen LogP contribution >= 0.6 is 0 Å². The normalized spacial score (nSPS) is 8.86. The van der Waals surface area contributed by atoms with E-state index in [-0.39, 0.29) is 0 Å². The van der Waals surface area contributed by atoms with Crippen molar-refractivity contribution in [1.29, 1.82) is 5.26 Å². The van der Waals surface area contributed by atoms with Crippen LogP contribution in [0.3, 0.4) is 0 Å². The van der Waals surface area contributed by atoms with Gasteiger partial charge in [-0.3, -0.25) is 0 Å². The van der Waals surface area contributed by atoms with Gasteiger partial charge in [0.15, 0.2) is 0 Å². The van der Waals surface area contributed by atoms with Gasteiger partial charge in [-0.25, -0.2) is 0 Å². The molecule has 14 heavy (non-hydrogen) atoms. The predicted octanol–water partition coefficient (Wildman–Crippen LogP) is 2.95. The number of benzene rings is 1. The second kappa shape index (κ2) is 4.29. The molecule has 0 amide bonds. The minimum absolute atomic E-state index is 0.472. The van der Waals surface area contributed by atoms with E-state index in [2.05, 4.69) is 19.2 Å². The molecule has 0 spiro atoms. The summed E-state index contributed by atoms with van der Waals surface area (Å²) in [5, 5.41) is 8.73. The fraction of sp³-hybridized carbons (Fsp3) is 0.0833. The zero-order chi connectivity index (χ0) is 10.6. The quantitative estimate of drug-likeness (QED) is 0.535. The minimum Gasteiger partial charge on any atom is -0.458 e. The van der Waals surface area contributed by atoms with Crippen molar-refractivity contribution in [2.24, 2.45) is 0 Å². The topological polar surface area (TPSA) is 33.0 Å². The third kappa shape index (κ3) is 2.49. The average Bonchev–Trinajstić information content (AvgIpc) is 2.16. The first kappa shape index (κ1) is 10.1. The molecule has 0 aliphatic carbocycles. The lowest BCUT2D eigenvalue weighted by Gasteiger charge is -2.05. The van der Waals surface area contributed by atoms with Crippen molar-refractivity contribution in [2.75, 3.05) is 0 Å². The smallest absolute Gasteiger partial charge is 0.128 e. The molecular formula is C12H11NO. The van der Waals surface area contributed by atoms with Crippen LogP contribution in [0, 0.1) is 18.3 Å². The lowest BCUT2D eigenvalue weighted by atomic mass is 10.1.